The van der Waals surface area contributed by atoms with Crippen LogP contribution in [0.5, 0.6) is 0 Å². The molecule has 0 radical (unpaired) electrons. The smallest absolute Gasteiger partial charge is 0.288 e. The molecule has 18 heavy (non-hydrogen) atoms. The van der Waals surface area contributed by atoms with Gasteiger partial charge < -0.3 is 10.4 Å². The molecule has 0 unspecified atom stereocenters. The summed E-state index contributed by atoms with van der Waals surface area (Å²) in [6.45, 7) is 3.08. The number of carbonyl (C=O) groups is 1. The van der Waals surface area contributed by atoms with Crippen LogP contribution in [-0.2, 0) is 0 Å². The minimum Gasteiger partial charge on any atom is -0.389 e. The van der Waals surface area contributed by atoms with Crippen LogP contribution in [-0.4, -0.2) is 28.1 Å². The second kappa shape index (κ2) is 5.32. The Morgan fingerprint density at radius 3 is 2.67 bits per heavy atom. The van der Waals surface area contributed by atoms with Gasteiger partial charge in [0.15, 0.2) is 0 Å². The lowest BCUT2D eigenvalue weighted by atomic mass is 10.1. The number of benzene rings is 1. The molecule has 0 bridgehead atoms. The first-order valence-corrected chi connectivity index (χ1v) is 5.53. The number of nitrogens with one attached hydrogen (secondary N) is 1. The first kappa shape index (κ1) is 14.4. The number of halogens is 1. The molecule has 98 valence electrons. The summed E-state index contributed by atoms with van der Waals surface area (Å²) in [6, 6.07) is 3.98. The third kappa shape index (κ3) is 3.68. The average Bonchev–Trinajstić information content (AvgIpc) is 2.24. The van der Waals surface area contributed by atoms with Crippen molar-refractivity contribution < 1.29 is 14.8 Å². The van der Waals surface area contributed by atoms with E-state index in [1.165, 1.54) is 32.0 Å². The van der Waals surface area contributed by atoms with Crippen LogP contribution in [0.15, 0.2) is 18.2 Å². The predicted octanol–water partition coefficient (Wildman–Crippen LogP) is 1.75. The summed E-state index contributed by atoms with van der Waals surface area (Å²) in [4.78, 5) is 21.8. The van der Waals surface area contributed by atoms with Gasteiger partial charge in [0, 0.05) is 12.6 Å². The number of rotatable bonds is 4. The lowest BCUT2D eigenvalue weighted by Gasteiger charge is -2.17. The van der Waals surface area contributed by atoms with Gasteiger partial charge in [-0.2, -0.15) is 0 Å². The molecule has 1 amide bonds. The molecule has 0 aliphatic rings. The van der Waals surface area contributed by atoms with Gasteiger partial charge in [-0.25, -0.2) is 0 Å². The van der Waals surface area contributed by atoms with Crippen molar-refractivity contribution in [2.24, 2.45) is 0 Å². The SMILES string of the molecule is CC(C)(O)CNC(=O)c1cccc([N+](=O)[O-])c1Cl. The number of hydrogen-bond donors (Lipinski definition) is 2. The van der Waals surface area contributed by atoms with Gasteiger partial charge in [-0.15, -0.1) is 0 Å². The standard InChI is InChI=1S/C11H13ClN2O4/c1-11(2,16)6-13-10(15)7-4-3-5-8(9(7)12)14(17)18/h3-5,16H,6H2,1-2H3,(H,13,15). The Morgan fingerprint density at radius 1 is 1.56 bits per heavy atom. The Kier molecular flexibility index (Phi) is 4.26. The molecule has 0 saturated carbocycles. The van der Waals surface area contributed by atoms with Crippen LogP contribution < -0.4 is 5.32 Å². The molecule has 0 spiro atoms. The van der Waals surface area contributed by atoms with Crippen molar-refractivity contribution in [1.82, 2.24) is 5.32 Å². The fourth-order valence-corrected chi connectivity index (χ4v) is 1.51. The number of amides is 1. The van der Waals surface area contributed by atoms with Crippen LogP contribution in [0.3, 0.4) is 0 Å². The third-order valence-electron chi connectivity index (χ3n) is 2.10. The summed E-state index contributed by atoms with van der Waals surface area (Å²) >= 11 is 5.78. The molecular weight excluding hydrogens is 260 g/mol. The van der Waals surface area contributed by atoms with E-state index in [9.17, 15) is 20.0 Å². The molecule has 0 saturated heterocycles. The van der Waals surface area contributed by atoms with E-state index in [1.54, 1.807) is 0 Å². The van der Waals surface area contributed by atoms with Crippen molar-refractivity contribution >= 4 is 23.2 Å². The first-order chi connectivity index (χ1) is 8.22. The minimum absolute atomic E-state index is 0.00937. The van der Waals surface area contributed by atoms with E-state index < -0.39 is 16.4 Å². The van der Waals surface area contributed by atoms with E-state index in [0.29, 0.717) is 0 Å². The summed E-state index contributed by atoms with van der Waals surface area (Å²) < 4.78 is 0. The van der Waals surface area contributed by atoms with Crippen molar-refractivity contribution in [3.8, 4) is 0 Å². The number of hydrogen-bond acceptors (Lipinski definition) is 4. The lowest BCUT2D eigenvalue weighted by molar-refractivity contribution is -0.384. The highest BCUT2D eigenvalue weighted by Gasteiger charge is 2.21. The van der Waals surface area contributed by atoms with Gasteiger partial charge in [0.05, 0.1) is 16.1 Å². The molecular formula is C11H13ClN2O4. The van der Waals surface area contributed by atoms with E-state index in [-0.39, 0.29) is 22.8 Å². The van der Waals surface area contributed by atoms with E-state index in [4.69, 9.17) is 11.6 Å². The highest BCUT2D eigenvalue weighted by molar-refractivity contribution is 6.35. The molecule has 7 heteroatoms. The van der Waals surface area contributed by atoms with Crippen LogP contribution in [0.4, 0.5) is 5.69 Å². The van der Waals surface area contributed by atoms with Gasteiger partial charge in [-0.1, -0.05) is 17.7 Å². The quantitative estimate of drug-likeness (QED) is 0.645. The number of nitro groups is 1. The fraction of sp³-hybridized carbons (Fsp3) is 0.364. The van der Waals surface area contributed by atoms with Gasteiger partial charge in [-0.05, 0) is 19.9 Å². The highest BCUT2D eigenvalue weighted by Crippen LogP contribution is 2.27. The van der Waals surface area contributed by atoms with Gasteiger partial charge in [-0.3, -0.25) is 14.9 Å². The summed E-state index contributed by atoms with van der Waals surface area (Å²) in [6.07, 6.45) is 0. The number of nitro benzene ring substituents is 1. The van der Waals surface area contributed by atoms with E-state index >= 15 is 0 Å². The van der Waals surface area contributed by atoms with Gasteiger partial charge >= 0.3 is 0 Å². The molecule has 1 aromatic rings. The fourth-order valence-electron chi connectivity index (χ4n) is 1.23. The molecule has 0 heterocycles. The van der Waals surface area contributed by atoms with Crippen molar-refractivity contribution in [2.45, 2.75) is 19.4 Å². The zero-order chi connectivity index (χ0) is 13.9. The minimum atomic E-state index is -1.07. The second-order valence-electron chi connectivity index (χ2n) is 4.39. The zero-order valence-electron chi connectivity index (χ0n) is 9.94. The zero-order valence-corrected chi connectivity index (χ0v) is 10.7. The van der Waals surface area contributed by atoms with Crippen LogP contribution in [0.25, 0.3) is 0 Å². The summed E-state index contributed by atoms with van der Waals surface area (Å²) in [7, 11) is 0. The predicted molar refractivity (Wildman–Crippen MR) is 66.7 cm³/mol. The van der Waals surface area contributed by atoms with Gasteiger partial charge in [0.25, 0.3) is 11.6 Å². The average molecular weight is 273 g/mol. The maximum Gasteiger partial charge on any atom is 0.288 e. The van der Waals surface area contributed by atoms with E-state index in [2.05, 4.69) is 5.32 Å². The molecule has 6 nitrogen and oxygen atoms in total. The maximum absolute atomic E-state index is 11.8. The molecule has 1 rings (SSSR count). The van der Waals surface area contributed by atoms with Crippen LogP contribution in [0.2, 0.25) is 5.02 Å². The Labute approximate surface area is 109 Å². The summed E-state index contributed by atoms with van der Waals surface area (Å²) in [5.41, 5.74) is -1.38. The van der Waals surface area contributed by atoms with Crippen molar-refractivity contribution in [1.29, 1.82) is 0 Å². The van der Waals surface area contributed by atoms with Gasteiger partial charge in [0.2, 0.25) is 0 Å². The number of nitrogens with zero attached hydrogens (tertiary/aromatic N) is 1. The largest absolute Gasteiger partial charge is 0.389 e. The topological polar surface area (TPSA) is 92.5 Å². The first-order valence-electron chi connectivity index (χ1n) is 5.16. The van der Waals surface area contributed by atoms with Crippen LogP contribution in [0, 0.1) is 10.1 Å². The third-order valence-corrected chi connectivity index (χ3v) is 2.50. The normalized spacial score (nSPS) is 11.1. The number of carbonyl (C=O) groups excluding carboxylic acids is 1. The van der Waals surface area contributed by atoms with Crippen molar-refractivity contribution in [3.05, 3.63) is 38.9 Å². The molecule has 1 aromatic carbocycles. The molecule has 0 aromatic heterocycles. The summed E-state index contributed by atoms with van der Waals surface area (Å²) in [5, 5.41) is 22.4. The van der Waals surface area contributed by atoms with E-state index in [1.807, 2.05) is 0 Å². The Hall–Kier alpha value is -1.66. The van der Waals surface area contributed by atoms with Crippen molar-refractivity contribution in [3.63, 3.8) is 0 Å². The van der Waals surface area contributed by atoms with Crippen LogP contribution >= 0.6 is 11.6 Å². The molecule has 0 aliphatic heterocycles. The molecule has 0 aliphatic carbocycles. The van der Waals surface area contributed by atoms with Crippen LogP contribution in [0.1, 0.15) is 24.2 Å². The summed E-state index contributed by atoms with van der Waals surface area (Å²) in [5.74, 6) is -0.564. The Morgan fingerprint density at radius 2 is 2.17 bits per heavy atom. The number of aliphatic hydroxyl groups is 1. The highest BCUT2D eigenvalue weighted by atomic mass is 35.5. The molecule has 2 N–H and O–H groups in total. The van der Waals surface area contributed by atoms with Gasteiger partial charge in [0.1, 0.15) is 5.02 Å². The Balaban J connectivity index is 2.93. The van der Waals surface area contributed by atoms with Crippen molar-refractivity contribution in [2.75, 3.05) is 6.54 Å². The molecule has 0 atom stereocenters. The molecule has 0 fully saturated rings. The lowest BCUT2D eigenvalue weighted by Crippen LogP contribution is -2.38. The van der Waals surface area contributed by atoms with E-state index in [0.717, 1.165) is 0 Å². The monoisotopic (exact) mass is 272 g/mol. The second-order valence-corrected chi connectivity index (χ2v) is 4.77. The Bertz CT molecular complexity index is 482. The maximum atomic E-state index is 11.8.